The number of imidazole rings is 1. The first-order valence-corrected chi connectivity index (χ1v) is 8.90. The number of aromatic amines is 1. The zero-order chi connectivity index (χ0) is 17.3. The van der Waals surface area contributed by atoms with Gasteiger partial charge in [0.1, 0.15) is 17.7 Å². The number of H-pyrrole nitrogens is 1. The number of nitrogens with zero attached hydrogens (tertiary/aromatic N) is 5. The van der Waals surface area contributed by atoms with E-state index in [0.29, 0.717) is 5.92 Å². The maximum Gasteiger partial charge on any atom is 0.168 e. The topological polar surface area (TPSA) is 84.3 Å². The molecule has 1 fully saturated rings. The van der Waals surface area contributed by atoms with E-state index in [-0.39, 0.29) is 0 Å². The Balaban J connectivity index is 1.36. The fraction of sp³-hybridized carbons (Fsp3) is 0.263. The van der Waals surface area contributed by atoms with Crippen molar-refractivity contribution in [1.82, 2.24) is 29.7 Å². The lowest BCUT2D eigenvalue weighted by atomic mass is 10.3. The van der Waals surface area contributed by atoms with E-state index in [4.69, 9.17) is 4.98 Å². The molecule has 0 aliphatic heterocycles. The Hall–Kier alpha value is -3.22. The van der Waals surface area contributed by atoms with Crippen molar-refractivity contribution >= 4 is 17.0 Å². The highest BCUT2D eigenvalue weighted by Gasteiger charge is 2.26. The fourth-order valence-electron chi connectivity index (χ4n) is 3.08. The number of aromatic nitrogens is 6. The molecule has 0 radical (unpaired) electrons. The first kappa shape index (κ1) is 15.1. The van der Waals surface area contributed by atoms with Crippen LogP contribution in [0.15, 0.2) is 48.9 Å². The molecule has 1 aliphatic carbocycles. The maximum atomic E-state index is 4.73. The minimum absolute atomic E-state index is 0.641. The summed E-state index contributed by atoms with van der Waals surface area (Å²) in [5.74, 6) is 2.31. The molecule has 4 heterocycles. The van der Waals surface area contributed by atoms with Crippen molar-refractivity contribution in [3.05, 3.63) is 60.3 Å². The summed E-state index contributed by atoms with van der Waals surface area (Å²) in [5.41, 5.74) is 3.93. The Kier molecular flexibility index (Phi) is 3.62. The first-order valence-electron chi connectivity index (χ1n) is 8.90. The second-order valence-corrected chi connectivity index (χ2v) is 6.61. The lowest BCUT2D eigenvalue weighted by Gasteiger charge is -2.06. The number of fused-ring (bicyclic) bond motifs is 1. The predicted molar refractivity (Wildman–Crippen MR) is 99.4 cm³/mol. The number of hydrogen-bond donors (Lipinski definition) is 2. The van der Waals surface area contributed by atoms with Gasteiger partial charge in [-0.05, 0) is 37.1 Å². The van der Waals surface area contributed by atoms with Gasteiger partial charge in [-0.15, -0.1) is 0 Å². The summed E-state index contributed by atoms with van der Waals surface area (Å²) in [6.07, 6.45) is 6.94. The van der Waals surface area contributed by atoms with Crippen LogP contribution in [0.2, 0.25) is 0 Å². The average Bonchev–Trinajstić information content (AvgIpc) is 3.26. The number of rotatable bonds is 6. The van der Waals surface area contributed by atoms with Crippen LogP contribution in [0.25, 0.3) is 17.0 Å². The smallest absolute Gasteiger partial charge is 0.168 e. The minimum atomic E-state index is 0.641. The van der Waals surface area contributed by atoms with Crippen LogP contribution in [0.4, 0.5) is 5.82 Å². The third kappa shape index (κ3) is 2.92. The maximum absolute atomic E-state index is 4.73. The lowest BCUT2D eigenvalue weighted by Crippen LogP contribution is -2.07. The van der Waals surface area contributed by atoms with E-state index in [1.807, 2.05) is 41.1 Å². The zero-order valence-electron chi connectivity index (χ0n) is 14.3. The molecule has 130 valence electrons. The third-order valence-corrected chi connectivity index (χ3v) is 4.66. The first-order chi connectivity index (χ1) is 12.9. The summed E-state index contributed by atoms with van der Waals surface area (Å²) in [4.78, 5) is 13.5. The molecule has 4 aromatic heterocycles. The quantitative estimate of drug-likeness (QED) is 0.561. The van der Waals surface area contributed by atoms with Crippen molar-refractivity contribution in [3.8, 4) is 5.82 Å². The number of pyridine rings is 2. The van der Waals surface area contributed by atoms with Crippen LogP contribution >= 0.6 is 0 Å². The molecule has 0 spiro atoms. The van der Waals surface area contributed by atoms with Gasteiger partial charge in [-0.2, -0.15) is 5.10 Å². The van der Waals surface area contributed by atoms with E-state index in [1.54, 1.807) is 6.33 Å². The van der Waals surface area contributed by atoms with Crippen molar-refractivity contribution in [2.75, 3.05) is 11.9 Å². The van der Waals surface area contributed by atoms with Crippen LogP contribution in [0, 0.1) is 0 Å². The van der Waals surface area contributed by atoms with Gasteiger partial charge >= 0.3 is 0 Å². The summed E-state index contributed by atoms with van der Waals surface area (Å²) >= 11 is 0. The van der Waals surface area contributed by atoms with Gasteiger partial charge in [0.05, 0.1) is 0 Å². The van der Waals surface area contributed by atoms with Crippen LogP contribution in [-0.4, -0.2) is 36.3 Å². The highest BCUT2D eigenvalue weighted by atomic mass is 15.2. The Labute approximate surface area is 150 Å². The number of nitrogens with one attached hydrogen (secondary N) is 2. The van der Waals surface area contributed by atoms with Gasteiger partial charge in [0, 0.05) is 42.5 Å². The number of anilines is 1. The molecule has 4 aromatic rings. The monoisotopic (exact) mass is 345 g/mol. The van der Waals surface area contributed by atoms with Crippen LogP contribution in [0.5, 0.6) is 0 Å². The highest BCUT2D eigenvalue weighted by Crippen LogP contribution is 2.39. The molecule has 1 aliphatic rings. The Bertz CT molecular complexity index is 1030. The molecule has 7 nitrogen and oxygen atoms in total. The molecule has 0 atom stereocenters. The molecule has 0 aromatic carbocycles. The van der Waals surface area contributed by atoms with E-state index in [9.17, 15) is 0 Å². The number of hydrogen-bond acceptors (Lipinski definition) is 5. The van der Waals surface area contributed by atoms with E-state index < -0.39 is 0 Å². The second-order valence-electron chi connectivity index (χ2n) is 6.61. The van der Waals surface area contributed by atoms with Crippen molar-refractivity contribution in [3.63, 3.8) is 0 Å². The summed E-state index contributed by atoms with van der Waals surface area (Å²) < 4.78 is 1.93. The fourth-order valence-corrected chi connectivity index (χ4v) is 3.08. The molecular weight excluding hydrogens is 326 g/mol. The summed E-state index contributed by atoms with van der Waals surface area (Å²) in [5, 5.41) is 10.9. The zero-order valence-corrected chi connectivity index (χ0v) is 14.3. The van der Waals surface area contributed by atoms with Gasteiger partial charge in [-0.1, -0.05) is 6.07 Å². The summed E-state index contributed by atoms with van der Waals surface area (Å²) in [6.45, 7) is 0.776. The molecule has 0 saturated heterocycles. The van der Waals surface area contributed by atoms with Gasteiger partial charge in [-0.3, -0.25) is 14.6 Å². The van der Waals surface area contributed by atoms with Crippen LogP contribution < -0.4 is 5.32 Å². The van der Waals surface area contributed by atoms with Crippen molar-refractivity contribution < 1.29 is 0 Å². The van der Waals surface area contributed by atoms with E-state index in [2.05, 4.69) is 31.5 Å². The molecule has 0 amide bonds. The summed E-state index contributed by atoms with van der Waals surface area (Å²) in [6, 6.07) is 12.0. The molecule has 0 unspecified atom stereocenters. The Morgan fingerprint density at radius 1 is 1.15 bits per heavy atom. The van der Waals surface area contributed by atoms with Crippen LogP contribution in [0.3, 0.4) is 0 Å². The van der Waals surface area contributed by atoms with E-state index in [1.165, 1.54) is 18.5 Å². The van der Waals surface area contributed by atoms with Crippen LogP contribution in [0.1, 0.15) is 30.1 Å². The van der Waals surface area contributed by atoms with Crippen LogP contribution in [-0.2, 0) is 6.42 Å². The molecule has 7 heteroatoms. The largest absolute Gasteiger partial charge is 0.370 e. The predicted octanol–water partition coefficient (Wildman–Crippen LogP) is 3.07. The molecule has 1 saturated carbocycles. The molecule has 0 bridgehead atoms. The van der Waals surface area contributed by atoms with Gasteiger partial charge < -0.3 is 5.32 Å². The second kappa shape index (κ2) is 6.25. The van der Waals surface area contributed by atoms with Crippen molar-refractivity contribution in [2.45, 2.75) is 25.2 Å². The normalized spacial score (nSPS) is 14.0. The summed E-state index contributed by atoms with van der Waals surface area (Å²) in [7, 11) is 0. The van der Waals surface area contributed by atoms with Gasteiger partial charge in [0.25, 0.3) is 0 Å². The van der Waals surface area contributed by atoms with E-state index >= 15 is 0 Å². The molecular formula is C19H19N7. The van der Waals surface area contributed by atoms with Gasteiger partial charge in [-0.25, -0.2) is 9.97 Å². The molecule has 2 N–H and O–H groups in total. The SMILES string of the molecule is c1ccc(CCNc2ccc3ncn(-c4cc(C5CC5)[nH]n4)c3n2)nc1. The Morgan fingerprint density at radius 3 is 2.96 bits per heavy atom. The van der Waals surface area contributed by atoms with Gasteiger partial charge in [0.15, 0.2) is 11.5 Å². The molecule has 26 heavy (non-hydrogen) atoms. The molecule has 5 rings (SSSR count). The van der Waals surface area contributed by atoms with Crippen molar-refractivity contribution in [2.24, 2.45) is 0 Å². The Morgan fingerprint density at radius 2 is 2.12 bits per heavy atom. The van der Waals surface area contributed by atoms with Gasteiger partial charge in [0.2, 0.25) is 0 Å². The highest BCUT2D eigenvalue weighted by molar-refractivity contribution is 5.74. The minimum Gasteiger partial charge on any atom is -0.370 e. The third-order valence-electron chi connectivity index (χ3n) is 4.66. The standard InChI is InChI=1S/C19H19N7/c1-2-9-20-14(3-1)8-10-21-17-7-6-15-19(23-17)26(12-22-15)18-11-16(24-25-18)13-4-5-13/h1-3,6-7,9,11-13H,4-5,8,10H2,(H,21,23)(H,24,25). The average molecular weight is 345 g/mol. The lowest BCUT2D eigenvalue weighted by molar-refractivity contribution is 0.929. The van der Waals surface area contributed by atoms with Crippen molar-refractivity contribution in [1.29, 1.82) is 0 Å². The van der Waals surface area contributed by atoms with E-state index in [0.717, 1.165) is 41.5 Å².